The third kappa shape index (κ3) is 4.93. The lowest BCUT2D eigenvalue weighted by Gasteiger charge is -2.32. The highest BCUT2D eigenvalue weighted by molar-refractivity contribution is 6.04. The summed E-state index contributed by atoms with van der Waals surface area (Å²) in [4.78, 5) is 26.8. The second-order valence-electron chi connectivity index (χ2n) is 8.56. The lowest BCUT2D eigenvalue weighted by atomic mass is 9.92. The van der Waals surface area contributed by atoms with Crippen LogP contribution in [0, 0.1) is 6.92 Å². The first kappa shape index (κ1) is 21.2. The van der Waals surface area contributed by atoms with Gasteiger partial charge in [0.25, 0.3) is 5.91 Å². The second-order valence-corrected chi connectivity index (χ2v) is 8.56. The smallest absolute Gasteiger partial charge is 0.274 e. The minimum Gasteiger partial charge on any atom is -0.338 e. The number of hydrogen-bond acceptors (Lipinski definition) is 5. The Labute approximate surface area is 174 Å². The molecular weight excluding hydrogens is 362 g/mol. The maximum Gasteiger partial charge on any atom is 0.274 e. The molecule has 0 spiro atoms. The number of piperazine rings is 1. The quantitative estimate of drug-likeness (QED) is 0.828. The molecule has 1 amide bonds. The number of amides is 1. The molecule has 1 fully saturated rings. The van der Waals surface area contributed by atoms with Gasteiger partial charge in [0.2, 0.25) is 5.95 Å². The number of likely N-dealkylation sites (N-methyl/N-ethyl adjacent to an activating group) is 1. The van der Waals surface area contributed by atoms with E-state index in [1.165, 1.54) is 0 Å². The highest BCUT2D eigenvalue weighted by atomic mass is 16.1. The molecular formula is C23H33N5O. The van der Waals surface area contributed by atoms with Crippen LogP contribution in [0.25, 0.3) is 0 Å². The van der Waals surface area contributed by atoms with Crippen LogP contribution in [0.5, 0.6) is 0 Å². The van der Waals surface area contributed by atoms with Gasteiger partial charge in [0, 0.05) is 37.6 Å². The summed E-state index contributed by atoms with van der Waals surface area (Å²) < 4.78 is 0. The van der Waals surface area contributed by atoms with Crippen molar-refractivity contribution in [3.63, 3.8) is 0 Å². The minimum atomic E-state index is -0.180. The number of carbonyl (C=O) groups is 1. The van der Waals surface area contributed by atoms with Crippen LogP contribution in [0.15, 0.2) is 24.3 Å². The Morgan fingerprint density at radius 1 is 1.00 bits per heavy atom. The van der Waals surface area contributed by atoms with E-state index in [2.05, 4.69) is 78.0 Å². The first-order valence-electron chi connectivity index (χ1n) is 10.5. The van der Waals surface area contributed by atoms with Crippen LogP contribution in [-0.4, -0.2) is 54.0 Å². The van der Waals surface area contributed by atoms with Crippen molar-refractivity contribution in [1.29, 1.82) is 0 Å². The summed E-state index contributed by atoms with van der Waals surface area (Å²) in [6, 6.07) is 8.02. The predicted octanol–water partition coefficient (Wildman–Crippen LogP) is 4.04. The Kier molecular flexibility index (Phi) is 6.52. The molecule has 0 bridgehead atoms. The number of carbonyl (C=O) groups excluding carboxylic acids is 1. The lowest BCUT2D eigenvalue weighted by Crippen LogP contribution is -2.45. The van der Waals surface area contributed by atoms with E-state index >= 15 is 0 Å². The molecule has 0 atom stereocenters. The maximum absolute atomic E-state index is 13.2. The third-order valence-electron chi connectivity index (χ3n) is 5.47. The Hall–Kier alpha value is -2.47. The van der Waals surface area contributed by atoms with E-state index in [-0.39, 0.29) is 5.91 Å². The number of hydrogen-bond donors (Lipinski definition) is 1. The number of rotatable bonds is 5. The maximum atomic E-state index is 13.2. The van der Waals surface area contributed by atoms with Crippen LogP contribution in [-0.2, 0) is 0 Å². The van der Waals surface area contributed by atoms with E-state index in [0.717, 1.165) is 48.7 Å². The molecule has 1 N–H and O–H groups in total. The molecule has 0 unspecified atom stereocenters. The fourth-order valence-electron chi connectivity index (χ4n) is 3.69. The molecule has 1 aliphatic heterocycles. The van der Waals surface area contributed by atoms with Gasteiger partial charge >= 0.3 is 0 Å². The summed E-state index contributed by atoms with van der Waals surface area (Å²) in [6.45, 7) is 14.2. The van der Waals surface area contributed by atoms with E-state index < -0.39 is 0 Å². The summed E-state index contributed by atoms with van der Waals surface area (Å²) >= 11 is 0. The fraction of sp³-hybridized carbons (Fsp3) is 0.522. The molecule has 1 aromatic heterocycles. The van der Waals surface area contributed by atoms with Gasteiger partial charge < -0.3 is 15.1 Å². The highest BCUT2D eigenvalue weighted by Gasteiger charge is 2.21. The van der Waals surface area contributed by atoms with Crippen LogP contribution in [0.1, 0.15) is 66.8 Å². The average Bonchev–Trinajstić information content (AvgIpc) is 2.67. The summed E-state index contributed by atoms with van der Waals surface area (Å²) in [5.41, 5.74) is 4.43. The predicted molar refractivity (Wildman–Crippen MR) is 119 cm³/mol. The molecule has 3 rings (SSSR count). The van der Waals surface area contributed by atoms with E-state index in [0.29, 0.717) is 23.5 Å². The van der Waals surface area contributed by atoms with Crippen LogP contribution < -0.4 is 10.2 Å². The molecule has 0 saturated carbocycles. The molecule has 1 aliphatic rings. The van der Waals surface area contributed by atoms with Crippen molar-refractivity contribution in [2.75, 3.05) is 43.4 Å². The molecule has 29 heavy (non-hydrogen) atoms. The van der Waals surface area contributed by atoms with Crippen molar-refractivity contribution in [3.8, 4) is 0 Å². The van der Waals surface area contributed by atoms with Gasteiger partial charge in [-0.1, -0.05) is 45.9 Å². The average molecular weight is 396 g/mol. The van der Waals surface area contributed by atoms with Gasteiger partial charge in [0.15, 0.2) is 0 Å². The number of para-hydroxylation sites is 1. The molecule has 1 aromatic carbocycles. The van der Waals surface area contributed by atoms with Crippen LogP contribution in [0.2, 0.25) is 0 Å². The minimum absolute atomic E-state index is 0.180. The van der Waals surface area contributed by atoms with Crippen molar-refractivity contribution < 1.29 is 4.79 Å². The van der Waals surface area contributed by atoms with Crippen LogP contribution in [0.4, 0.5) is 11.6 Å². The number of nitrogens with one attached hydrogen (secondary N) is 1. The van der Waals surface area contributed by atoms with Gasteiger partial charge in [-0.2, -0.15) is 0 Å². The number of anilines is 2. The molecule has 6 nitrogen and oxygen atoms in total. The zero-order valence-electron chi connectivity index (χ0n) is 18.5. The summed E-state index contributed by atoms with van der Waals surface area (Å²) in [5, 5.41) is 3.17. The first-order valence-corrected chi connectivity index (χ1v) is 10.5. The number of benzene rings is 1. The van der Waals surface area contributed by atoms with Gasteiger partial charge in [-0.25, -0.2) is 9.97 Å². The molecule has 2 aromatic rings. The lowest BCUT2D eigenvalue weighted by molar-refractivity contribution is 0.102. The van der Waals surface area contributed by atoms with Crippen molar-refractivity contribution >= 4 is 17.5 Å². The Morgan fingerprint density at radius 3 is 2.14 bits per heavy atom. The van der Waals surface area contributed by atoms with Crippen molar-refractivity contribution in [3.05, 3.63) is 46.8 Å². The summed E-state index contributed by atoms with van der Waals surface area (Å²) in [6.07, 6.45) is 0. The molecule has 0 aliphatic carbocycles. The SMILES string of the molecule is Cc1cc(C(=O)Nc2c(C(C)C)cccc2C(C)C)nc(N2CCN(C)CC2)n1. The van der Waals surface area contributed by atoms with E-state index in [4.69, 9.17) is 0 Å². The van der Waals surface area contributed by atoms with E-state index in [9.17, 15) is 4.79 Å². The molecule has 0 radical (unpaired) electrons. The zero-order valence-corrected chi connectivity index (χ0v) is 18.5. The Bertz CT molecular complexity index is 843. The molecule has 1 saturated heterocycles. The van der Waals surface area contributed by atoms with E-state index in [1.807, 2.05) is 6.92 Å². The van der Waals surface area contributed by atoms with Gasteiger partial charge in [-0.15, -0.1) is 0 Å². The number of aryl methyl sites for hydroxylation is 1. The monoisotopic (exact) mass is 395 g/mol. The number of aromatic nitrogens is 2. The zero-order chi connectivity index (χ0) is 21.1. The van der Waals surface area contributed by atoms with Crippen molar-refractivity contribution in [2.24, 2.45) is 0 Å². The largest absolute Gasteiger partial charge is 0.338 e. The second kappa shape index (κ2) is 8.91. The van der Waals surface area contributed by atoms with Crippen LogP contribution in [0.3, 0.4) is 0 Å². The number of nitrogens with zero attached hydrogens (tertiary/aromatic N) is 4. The van der Waals surface area contributed by atoms with Gasteiger partial charge in [-0.3, -0.25) is 4.79 Å². The van der Waals surface area contributed by atoms with Crippen molar-refractivity contribution in [2.45, 2.75) is 46.5 Å². The first-order chi connectivity index (χ1) is 13.8. The van der Waals surface area contributed by atoms with Crippen LogP contribution >= 0.6 is 0 Å². The fourth-order valence-corrected chi connectivity index (χ4v) is 3.69. The van der Waals surface area contributed by atoms with Gasteiger partial charge in [0.05, 0.1) is 0 Å². The third-order valence-corrected chi connectivity index (χ3v) is 5.47. The summed E-state index contributed by atoms with van der Waals surface area (Å²) in [7, 11) is 2.12. The topological polar surface area (TPSA) is 61.4 Å². The standard InChI is InChI=1S/C23H33N5O/c1-15(2)18-8-7-9-19(16(3)4)21(18)26-22(29)20-14-17(5)24-23(25-20)28-12-10-27(6)11-13-28/h7-9,14-16H,10-13H2,1-6H3,(H,26,29). The van der Waals surface area contributed by atoms with Crippen molar-refractivity contribution in [1.82, 2.24) is 14.9 Å². The molecule has 2 heterocycles. The van der Waals surface area contributed by atoms with Gasteiger partial charge in [0.1, 0.15) is 5.69 Å². The van der Waals surface area contributed by atoms with Gasteiger partial charge in [-0.05, 0) is 43.0 Å². The normalized spacial score (nSPS) is 15.2. The van der Waals surface area contributed by atoms with E-state index in [1.54, 1.807) is 6.07 Å². The summed E-state index contributed by atoms with van der Waals surface area (Å²) in [5.74, 6) is 1.10. The highest BCUT2D eigenvalue weighted by Crippen LogP contribution is 2.32. The Morgan fingerprint density at radius 2 is 1.59 bits per heavy atom. The molecule has 156 valence electrons. The molecule has 6 heteroatoms. The Balaban J connectivity index is 1.90.